The van der Waals surface area contributed by atoms with Gasteiger partial charge >= 0.3 is 0 Å². The quantitative estimate of drug-likeness (QED) is 0.291. The van der Waals surface area contributed by atoms with Crippen LogP contribution in [-0.4, -0.2) is 44.0 Å². The molecule has 5 nitrogen and oxygen atoms in total. The summed E-state index contributed by atoms with van der Waals surface area (Å²) in [6.45, 7) is 5.15. The monoisotopic (exact) mass is 450 g/mol. The molecule has 1 aromatic rings. The van der Waals surface area contributed by atoms with Crippen LogP contribution < -0.4 is 10.6 Å². The van der Waals surface area contributed by atoms with Crippen molar-refractivity contribution in [2.45, 2.75) is 33.2 Å². The lowest BCUT2D eigenvalue weighted by molar-refractivity contribution is -0.127. The van der Waals surface area contributed by atoms with Gasteiger partial charge in [-0.2, -0.15) is 0 Å². The van der Waals surface area contributed by atoms with Crippen molar-refractivity contribution in [2.75, 3.05) is 27.2 Å². The number of rotatable bonds is 7. The first-order valence-corrected chi connectivity index (χ1v) is 7.91. The number of nitrogens with zero attached hydrogens (tertiary/aromatic N) is 2. The number of benzene rings is 1. The summed E-state index contributed by atoms with van der Waals surface area (Å²) in [4.78, 5) is 17.6. The average Bonchev–Trinajstić information content (AvgIpc) is 2.52. The number of halogens is 2. The molecule has 1 aromatic carbocycles. The summed E-state index contributed by atoms with van der Waals surface area (Å²) in [5, 5.41) is 6.20. The van der Waals surface area contributed by atoms with Crippen molar-refractivity contribution in [3.63, 3.8) is 0 Å². The van der Waals surface area contributed by atoms with Crippen LogP contribution in [0.25, 0.3) is 0 Å². The number of nitrogens with one attached hydrogen (secondary N) is 2. The molecule has 0 aliphatic rings. The molecule has 24 heavy (non-hydrogen) atoms. The molecular formula is C17H28FIN4O. The first-order valence-electron chi connectivity index (χ1n) is 7.91. The van der Waals surface area contributed by atoms with Gasteiger partial charge in [0, 0.05) is 20.6 Å². The minimum Gasteiger partial charge on any atom is -0.356 e. The molecule has 0 unspecified atom stereocenters. The number of unbranched alkanes of at least 4 members (excludes halogenated alkanes) is 1. The van der Waals surface area contributed by atoms with Crippen LogP contribution in [0, 0.1) is 12.7 Å². The van der Waals surface area contributed by atoms with E-state index in [0.29, 0.717) is 18.1 Å². The molecule has 0 bridgehead atoms. The minimum atomic E-state index is -0.228. The fraction of sp³-hybridized carbons (Fsp3) is 0.529. The van der Waals surface area contributed by atoms with Gasteiger partial charge in [-0.3, -0.25) is 4.79 Å². The maximum Gasteiger partial charge on any atom is 0.241 e. The summed E-state index contributed by atoms with van der Waals surface area (Å²) in [6.07, 6.45) is 2.08. The van der Waals surface area contributed by atoms with Crippen molar-refractivity contribution in [2.24, 2.45) is 4.99 Å². The lowest BCUT2D eigenvalue weighted by Crippen LogP contribution is -2.43. The van der Waals surface area contributed by atoms with E-state index in [1.54, 1.807) is 27.1 Å². The van der Waals surface area contributed by atoms with Gasteiger partial charge in [0.15, 0.2) is 5.96 Å². The fourth-order valence-electron chi connectivity index (χ4n) is 1.78. The molecule has 0 saturated carbocycles. The van der Waals surface area contributed by atoms with Crippen LogP contribution in [0.4, 0.5) is 4.39 Å². The van der Waals surface area contributed by atoms with Crippen LogP contribution in [0.15, 0.2) is 23.2 Å². The zero-order valence-corrected chi connectivity index (χ0v) is 17.2. The van der Waals surface area contributed by atoms with E-state index in [-0.39, 0.29) is 42.2 Å². The minimum absolute atomic E-state index is 0. The highest BCUT2D eigenvalue weighted by Crippen LogP contribution is 2.09. The van der Waals surface area contributed by atoms with Crippen molar-refractivity contribution >= 4 is 35.8 Å². The standard InChI is InChI=1S/C17H27FN4O.HI/c1-5-6-9-19-17(21-12-16(23)22(3)4)20-11-14-8-7-13(2)15(18)10-14;/h7-8,10H,5-6,9,11-12H2,1-4H3,(H2,19,20,21);1H. The number of aryl methyl sites for hydroxylation is 1. The summed E-state index contributed by atoms with van der Waals surface area (Å²) in [6, 6.07) is 5.09. The van der Waals surface area contributed by atoms with Crippen molar-refractivity contribution in [1.29, 1.82) is 0 Å². The van der Waals surface area contributed by atoms with E-state index in [1.165, 1.54) is 11.0 Å². The molecule has 136 valence electrons. The topological polar surface area (TPSA) is 56.7 Å². The molecule has 0 fully saturated rings. The summed E-state index contributed by atoms with van der Waals surface area (Å²) >= 11 is 0. The fourth-order valence-corrected chi connectivity index (χ4v) is 1.78. The van der Waals surface area contributed by atoms with Crippen LogP contribution in [-0.2, 0) is 11.3 Å². The van der Waals surface area contributed by atoms with Crippen molar-refractivity contribution in [3.05, 3.63) is 35.1 Å². The molecule has 0 aliphatic heterocycles. The molecule has 1 rings (SSSR count). The van der Waals surface area contributed by atoms with Crippen molar-refractivity contribution in [3.8, 4) is 0 Å². The first kappa shape index (κ1) is 22.6. The smallest absolute Gasteiger partial charge is 0.241 e. The summed E-state index contributed by atoms with van der Waals surface area (Å²) in [5.41, 5.74) is 1.41. The predicted molar refractivity (Wildman–Crippen MR) is 107 cm³/mol. The van der Waals surface area contributed by atoms with Crippen LogP contribution in [0.2, 0.25) is 0 Å². The second-order valence-corrected chi connectivity index (χ2v) is 5.67. The SMILES string of the molecule is CCCCNC(=NCc1ccc(C)c(F)c1)NCC(=O)N(C)C.I. The Bertz CT molecular complexity index is 549. The van der Waals surface area contributed by atoms with Gasteiger partial charge in [0.2, 0.25) is 5.91 Å². The second kappa shape index (κ2) is 12.0. The maximum atomic E-state index is 13.6. The largest absolute Gasteiger partial charge is 0.356 e. The normalized spacial score (nSPS) is 10.8. The van der Waals surface area contributed by atoms with Gasteiger partial charge in [-0.05, 0) is 30.5 Å². The molecule has 1 amide bonds. The summed E-state index contributed by atoms with van der Waals surface area (Å²) in [5.74, 6) is 0.306. The Morgan fingerprint density at radius 2 is 2.00 bits per heavy atom. The number of likely N-dealkylation sites (N-methyl/N-ethyl adjacent to an activating group) is 1. The van der Waals surface area contributed by atoms with Crippen molar-refractivity contribution < 1.29 is 9.18 Å². The number of carbonyl (C=O) groups excluding carboxylic acids is 1. The second-order valence-electron chi connectivity index (χ2n) is 5.67. The number of carbonyl (C=O) groups is 1. The van der Waals surface area contributed by atoms with Gasteiger partial charge in [0.05, 0.1) is 13.1 Å². The van der Waals surface area contributed by atoms with Crippen LogP contribution >= 0.6 is 24.0 Å². The van der Waals surface area contributed by atoms with Crippen molar-refractivity contribution in [1.82, 2.24) is 15.5 Å². The van der Waals surface area contributed by atoms with Gasteiger partial charge in [0.25, 0.3) is 0 Å². The highest BCUT2D eigenvalue weighted by molar-refractivity contribution is 14.0. The average molecular weight is 450 g/mol. The molecule has 0 aliphatic carbocycles. The predicted octanol–water partition coefficient (Wildman–Crippen LogP) is 2.68. The van der Waals surface area contributed by atoms with E-state index in [1.807, 2.05) is 6.07 Å². The van der Waals surface area contributed by atoms with E-state index in [4.69, 9.17) is 0 Å². The molecule has 0 spiro atoms. The molecule has 2 N–H and O–H groups in total. The molecule has 0 atom stereocenters. The van der Waals surface area contributed by atoms with Crippen LogP contribution in [0.3, 0.4) is 0 Å². The van der Waals surface area contributed by atoms with E-state index >= 15 is 0 Å². The number of amides is 1. The Hall–Kier alpha value is -1.38. The van der Waals surface area contributed by atoms with Gasteiger partial charge < -0.3 is 15.5 Å². The Balaban J connectivity index is 0.00000529. The van der Waals surface area contributed by atoms with E-state index in [2.05, 4.69) is 22.5 Å². The number of aliphatic imine (C=N–C) groups is 1. The Morgan fingerprint density at radius 3 is 2.58 bits per heavy atom. The zero-order valence-electron chi connectivity index (χ0n) is 14.9. The molecule has 0 aromatic heterocycles. The molecule has 7 heteroatoms. The van der Waals surface area contributed by atoms with Gasteiger partial charge in [-0.1, -0.05) is 25.5 Å². The molecule has 0 heterocycles. The van der Waals surface area contributed by atoms with Gasteiger partial charge in [-0.25, -0.2) is 9.38 Å². The molecular weight excluding hydrogens is 422 g/mol. The lowest BCUT2D eigenvalue weighted by Gasteiger charge is -2.15. The first-order chi connectivity index (χ1) is 10.9. The molecule has 0 radical (unpaired) electrons. The number of hydrogen-bond acceptors (Lipinski definition) is 2. The third-order valence-electron chi connectivity index (χ3n) is 3.38. The van der Waals surface area contributed by atoms with E-state index < -0.39 is 0 Å². The highest BCUT2D eigenvalue weighted by Gasteiger charge is 2.06. The van der Waals surface area contributed by atoms with Gasteiger partial charge in [0.1, 0.15) is 5.82 Å². The third kappa shape index (κ3) is 8.47. The zero-order chi connectivity index (χ0) is 17.2. The third-order valence-corrected chi connectivity index (χ3v) is 3.38. The van der Waals surface area contributed by atoms with E-state index in [9.17, 15) is 9.18 Å². The Morgan fingerprint density at radius 1 is 1.29 bits per heavy atom. The Kier molecular flexibility index (Phi) is 11.4. The summed E-state index contributed by atoms with van der Waals surface area (Å²) < 4.78 is 13.6. The van der Waals surface area contributed by atoms with Gasteiger partial charge in [-0.15, -0.1) is 24.0 Å². The van der Waals surface area contributed by atoms with Crippen LogP contribution in [0.1, 0.15) is 30.9 Å². The molecule has 0 saturated heterocycles. The Labute approximate surface area is 161 Å². The maximum absolute atomic E-state index is 13.6. The number of guanidine groups is 1. The number of hydrogen-bond donors (Lipinski definition) is 2. The highest BCUT2D eigenvalue weighted by atomic mass is 127. The van der Waals surface area contributed by atoms with Crippen LogP contribution in [0.5, 0.6) is 0 Å². The van der Waals surface area contributed by atoms with E-state index in [0.717, 1.165) is 24.9 Å². The lowest BCUT2D eigenvalue weighted by atomic mass is 10.1. The summed E-state index contributed by atoms with van der Waals surface area (Å²) in [7, 11) is 3.42.